The molecule has 0 aromatic heterocycles. The Balaban J connectivity index is 4.19. The summed E-state index contributed by atoms with van der Waals surface area (Å²) in [7, 11) is 0. The van der Waals surface area contributed by atoms with Crippen molar-refractivity contribution in [2.75, 3.05) is 0 Å². The van der Waals surface area contributed by atoms with Gasteiger partial charge >= 0.3 is 11.9 Å². The number of hydrogen-bond donors (Lipinski definition) is 2. The van der Waals surface area contributed by atoms with Crippen LogP contribution in [0.4, 0.5) is 0 Å². The molecule has 0 rings (SSSR count). The van der Waals surface area contributed by atoms with Gasteiger partial charge in [0.15, 0.2) is 0 Å². The zero-order valence-electron chi connectivity index (χ0n) is 10.1. The van der Waals surface area contributed by atoms with Gasteiger partial charge in [-0.15, -0.1) is 0 Å². The van der Waals surface area contributed by atoms with Crippen LogP contribution in [0.25, 0.3) is 0 Å². The summed E-state index contributed by atoms with van der Waals surface area (Å²) in [5.41, 5.74) is 5.31. The molecule has 0 aliphatic carbocycles. The van der Waals surface area contributed by atoms with Crippen molar-refractivity contribution in [3.8, 4) is 0 Å². The summed E-state index contributed by atoms with van der Waals surface area (Å²) in [6.07, 6.45) is 0.163. The minimum absolute atomic E-state index is 0.00771. The summed E-state index contributed by atoms with van der Waals surface area (Å²) in [5, 5.41) is 8.71. The summed E-state index contributed by atoms with van der Waals surface area (Å²) < 4.78 is 4.79. The number of carboxylic acid groups (broad SMARTS) is 1. The van der Waals surface area contributed by atoms with Crippen LogP contribution in [0.1, 0.15) is 40.0 Å². The highest BCUT2D eigenvalue weighted by Gasteiger charge is 2.20. The Bertz CT molecular complexity index is 238. The van der Waals surface area contributed by atoms with Crippen LogP contribution in [0.15, 0.2) is 0 Å². The van der Waals surface area contributed by atoms with E-state index in [0.29, 0.717) is 12.3 Å². The fourth-order valence-electron chi connectivity index (χ4n) is 1.64. The topological polar surface area (TPSA) is 89.6 Å². The van der Waals surface area contributed by atoms with Gasteiger partial charge in [0.05, 0.1) is 0 Å². The van der Waals surface area contributed by atoms with Crippen LogP contribution in [0.2, 0.25) is 0 Å². The summed E-state index contributed by atoms with van der Waals surface area (Å²) in [6, 6.07) is 0. The van der Waals surface area contributed by atoms with E-state index in [-0.39, 0.29) is 18.8 Å². The Labute approximate surface area is 96.0 Å². The molecule has 0 radical (unpaired) electrons. The minimum Gasteiger partial charge on any atom is -0.481 e. The Kier molecular flexibility index (Phi) is 6.72. The van der Waals surface area contributed by atoms with E-state index in [1.807, 2.05) is 13.8 Å². The lowest BCUT2D eigenvalue weighted by Crippen LogP contribution is -2.25. The molecule has 0 amide bonds. The molecular weight excluding hydrogens is 210 g/mol. The molecule has 0 heterocycles. The predicted molar refractivity (Wildman–Crippen MR) is 59.6 cm³/mol. The van der Waals surface area contributed by atoms with Crippen molar-refractivity contribution in [3.63, 3.8) is 0 Å². The third-order valence-electron chi connectivity index (χ3n) is 2.04. The highest BCUT2D eigenvalue weighted by atomic mass is 16.6. The van der Waals surface area contributed by atoms with Crippen molar-refractivity contribution in [1.29, 1.82) is 0 Å². The van der Waals surface area contributed by atoms with Gasteiger partial charge in [-0.3, -0.25) is 15.3 Å². The quantitative estimate of drug-likeness (QED) is 0.510. The third kappa shape index (κ3) is 8.23. The van der Waals surface area contributed by atoms with Crippen LogP contribution in [0.3, 0.4) is 0 Å². The SMILES string of the molecule is CC(C)C[C@@H](CC(=O)O)CC(=O)O[C@H](C)N. The molecule has 0 aliphatic heterocycles. The normalized spacial score (nSPS) is 14.6. The highest BCUT2D eigenvalue weighted by Crippen LogP contribution is 2.19. The number of rotatable bonds is 7. The number of carbonyl (C=O) groups is 2. The Morgan fingerprint density at radius 2 is 1.81 bits per heavy atom. The molecule has 5 heteroatoms. The van der Waals surface area contributed by atoms with E-state index in [1.54, 1.807) is 6.92 Å². The van der Waals surface area contributed by atoms with Crippen LogP contribution in [-0.2, 0) is 14.3 Å². The zero-order valence-corrected chi connectivity index (χ0v) is 10.1. The molecule has 0 fully saturated rings. The van der Waals surface area contributed by atoms with Crippen molar-refractivity contribution in [2.45, 2.75) is 46.3 Å². The molecule has 0 aromatic carbocycles. The molecule has 16 heavy (non-hydrogen) atoms. The third-order valence-corrected chi connectivity index (χ3v) is 2.04. The average molecular weight is 231 g/mol. The standard InChI is InChI=1S/C11H21NO4/c1-7(2)4-9(5-10(13)14)6-11(15)16-8(3)12/h7-9H,4-6,12H2,1-3H3,(H,13,14)/t8-,9+/m1/s1. The van der Waals surface area contributed by atoms with Crippen molar-refractivity contribution in [3.05, 3.63) is 0 Å². The molecular formula is C11H21NO4. The second-order valence-electron chi connectivity index (χ2n) is 4.49. The molecule has 0 aliphatic rings. The smallest absolute Gasteiger partial charge is 0.307 e. The van der Waals surface area contributed by atoms with E-state index in [2.05, 4.69) is 0 Å². The maximum absolute atomic E-state index is 11.3. The first kappa shape index (κ1) is 14.9. The number of carbonyl (C=O) groups excluding carboxylic acids is 1. The molecule has 0 saturated heterocycles. The predicted octanol–water partition coefficient (Wildman–Crippen LogP) is 1.36. The van der Waals surface area contributed by atoms with E-state index in [4.69, 9.17) is 15.6 Å². The molecule has 0 saturated carbocycles. The van der Waals surface area contributed by atoms with Crippen molar-refractivity contribution < 1.29 is 19.4 Å². The molecule has 3 N–H and O–H groups in total. The van der Waals surface area contributed by atoms with Crippen LogP contribution in [0, 0.1) is 11.8 Å². The second kappa shape index (κ2) is 7.22. The van der Waals surface area contributed by atoms with Gasteiger partial charge in [0.1, 0.15) is 6.23 Å². The average Bonchev–Trinajstić information content (AvgIpc) is 1.97. The molecule has 0 bridgehead atoms. The number of nitrogens with two attached hydrogens (primary N) is 1. The first-order valence-electron chi connectivity index (χ1n) is 5.48. The molecule has 0 unspecified atom stereocenters. The number of carboxylic acids is 1. The monoisotopic (exact) mass is 231 g/mol. The van der Waals surface area contributed by atoms with Crippen molar-refractivity contribution in [1.82, 2.24) is 0 Å². The summed E-state index contributed by atoms with van der Waals surface area (Å²) in [6.45, 7) is 5.55. The highest BCUT2D eigenvalue weighted by molar-refractivity contribution is 5.72. The lowest BCUT2D eigenvalue weighted by Gasteiger charge is -2.17. The minimum atomic E-state index is -0.890. The van der Waals surface area contributed by atoms with E-state index in [1.165, 1.54) is 0 Å². The molecule has 0 spiro atoms. The molecule has 0 aromatic rings. The van der Waals surface area contributed by atoms with Crippen LogP contribution in [0.5, 0.6) is 0 Å². The summed E-state index contributed by atoms with van der Waals surface area (Å²) in [4.78, 5) is 21.9. The van der Waals surface area contributed by atoms with E-state index in [9.17, 15) is 9.59 Å². The van der Waals surface area contributed by atoms with Gasteiger partial charge in [-0.2, -0.15) is 0 Å². The van der Waals surface area contributed by atoms with Gasteiger partial charge in [-0.05, 0) is 25.2 Å². The molecule has 94 valence electrons. The Morgan fingerprint density at radius 3 is 2.19 bits per heavy atom. The van der Waals surface area contributed by atoms with Gasteiger partial charge < -0.3 is 9.84 Å². The summed E-state index contributed by atoms with van der Waals surface area (Å²) in [5.74, 6) is -1.14. The largest absolute Gasteiger partial charge is 0.481 e. The Morgan fingerprint density at radius 1 is 1.25 bits per heavy atom. The van der Waals surface area contributed by atoms with Gasteiger partial charge in [0.2, 0.25) is 0 Å². The molecule has 5 nitrogen and oxygen atoms in total. The second-order valence-corrected chi connectivity index (χ2v) is 4.49. The van der Waals surface area contributed by atoms with Gasteiger partial charge in [-0.1, -0.05) is 13.8 Å². The van der Waals surface area contributed by atoms with E-state index < -0.39 is 18.2 Å². The first-order chi connectivity index (χ1) is 7.31. The fraction of sp³-hybridized carbons (Fsp3) is 0.818. The number of esters is 1. The summed E-state index contributed by atoms with van der Waals surface area (Å²) >= 11 is 0. The van der Waals surface area contributed by atoms with Crippen molar-refractivity contribution >= 4 is 11.9 Å². The lowest BCUT2D eigenvalue weighted by atomic mass is 9.91. The van der Waals surface area contributed by atoms with Crippen LogP contribution >= 0.6 is 0 Å². The maximum Gasteiger partial charge on any atom is 0.307 e. The van der Waals surface area contributed by atoms with E-state index in [0.717, 1.165) is 0 Å². The Hall–Kier alpha value is -1.10. The number of ether oxygens (including phenoxy) is 1. The molecule has 2 atom stereocenters. The van der Waals surface area contributed by atoms with Gasteiger partial charge in [0.25, 0.3) is 0 Å². The fourth-order valence-corrected chi connectivity index (χ4v) is 1.64. The maximum atomic E-state index is 11.3. The first-order valence-corrected chi connectivity index (χ1v) is 5.48. The zero-order chi connectivity index (χ0) is 12.7. The van der Waals surface area contributed by atoms with Gasteiger partial charge in [-0.25, -0.2) is 0 Å². The lowest BCUT2D eigenvalue weighted by molar-refractivity contribution is -0.149. The number of aliphatic carboxylic acids is 1. The van der Waals surface area contributed by atoms with Crippen LogP contribution in [-0.4, -0.2) is 23.3 Å². The van der Waals surface area contributed by atoms with Crippen molar-refractivity contribution in [2.24, 2.45) is 17.6 Å². The van der Waals surface area contributed by atoms with E-state index >= 15 is 0 Å². The van der Waals surface area contributed by atoms with Crippen LogP contribution < -0.4 is 5.73 Å². The number of hydrogen-bond acceptors (Lipinski definition) is 4. The van der Waals surface area contributed by atoms with Gasteiger partial charge in [0, 0.05) is 12.8 Å².